The molecule has 2 aromatic rings. The van der Waals surface area contributed by atoms with Crippen molar-refractivity contribution in [3.8, 4) is 11.5 Å². The molecule has 6 nitrogen and oxygen atoms in total. The molecule has 0 radical (unpaired) electrons. The number of amides is 2. The molecule has 0 aliphatic carbocycles. The summed E-state index contributed by atoms with van der Waals surface area (Å²) in [5.74, 6) is 0.290. The van der Waals surface area contributed by atoms with Gasteiger partial charge in [0.25, 0.3) is 11.8 Å². The van der Waals surface area contributed by atoms with Crippen molar-refractivity contribution >= 4 is 23.1 Å². The highest BCUT2D eigenvalue weighted by molar-refractivity contribution is 6.37. The molecule has 0 bridgehead atoms. The molecule has 0 fully saturated rings. The highest BCUT2D eigenvalue weighted by Crippen LogP contribution is 2.36. The second-order valence-electron chi connectivity index (χ2n) is 6.01. The summed E-state index contributed by atoms with van der Waals surface area (Å²) in [4.78, 5) is 27.2. The molecule has 1 aliphatic heterocycles. The molecule has 0 aromatic heterocycles. The highest BCUT2D eigenvalue weighted by Gasteiger charge is 2.39. The largest absolute Gasteiger partial charge is 0.496 e. The third-order valence-electron chi connectivity index (χ3n) is 4.30. The lowest BCUT2D eigenvalue weighted by Gasteiger charge is -2.14. The molecule has 1 N–H and O–H groups in total. The molecule has 144 valence electrons. The van der Waals surface area contributed by atoms with E-state index in [0.717, 1.165) is 4.90 Å². The van der Waals surface area contributed by atoms with E-state index in [9.17, 15) is 9.59 Å². The zero-order chi connectivity index (χ0) is 20.1. The van der Waals surface area contributed by atoms with Crippen LogP contribution in [0.1, 0.15) is 12.5 Å². The van der Waals surface area contributed by atoms with E-state index in [-0.39, 0.29) is 17.8 Å². The smallest absolute Gasteiger partial charge is 0.278 e. The van der Waals surface area contributed by atoms with Gasteiger partial charge in [-0.25, -0.2) is 0 Å². The number of rotatable bonds is 8. The number of anilines is 1. The lowest BCUT2D eigenvalue weighted by Crippen LogP contribution is -2.32. The minimum atomic E-state index is -0.419. The van der Waals surface area contributed by atoms with Crippen LogP contribution in [0.3, 0.4) is 0 Å². The van der Waals surface area contributed by atoms with Gasteiger partial charge in [0.2, 0.25) is 0 Å². The fraction of sp³-hybridized carbons (Fsp3) is 0.182. The van der Waals surface area contributed by atoms with Crippen molar-refractivity contribution in [3.63, 3.8) is 0 Å². The number of methoxy groups -OCH3 is 1. The van der Waals surface area contributed by atoms with Crippen LogP contribution < -0.4 is 14.8 Å². The van der Waals surface area contributed by atoms with Gasteiger partial charge in [-0.15, -0.1) is 6.58 Å². The van der Waals surface area contributed by atoms with Gasteiger partial charge in [0.15, 0.2) is 0 Å². The van der Waals surface area contributed by atoms with E-state index < -0.39 is 11.8 Å². The molecule has 0 saturated heterocycles. The molecule has 3 rings (SSSR count). The van der Waals surface area contributed by atoms with Gasteiger partial charge in [-0.05, 0) is 25.1 Å². The first-order chi connectivity index (χ1) is 13.6. The topological polar surface area (TPSA) is 67.9 Å². The Kier molecular flexibility index (Phi) is 5.79. The fourth-order valence-electron chi connectivity index (χ4n) is 3.07. The second-order valence-corrected chi connectivity index (χ2v) is 6.01. The van der Waals surface area contributed by atoms with E-state index in [1.807, 2.05) is 25.1 Å². The Balaban J connectivity index is 2.14. The molecular formula is C22H22N2O4. The quantitative estimate of drug-likeness (QED) is 0.563. The van der Waals surface area contributed by atoms with Gasteiger partial charge in [0.05, 0.1) is 25.0 Å². The summed E-state index contributed by atoms with van der Waals surface area (Å²) in [6.45, 7) is 6.12. The van der Waals surface area contributed by atoms with Gasteiger partial charge < -0.3 is 14.8 Å². The maximum Gasteiger partial charge on any atom is 0.278 e. The Morgan fingerprint density at radius 3 is 2.39 bits per heavy atom. The lowest BCUT2D eigenvalue weighted by molar-refractivity contribution is -0.136. The van der Waals surface area contributed by atoms with Crippen LogP contribution >= 0.6 is 0 Å². The van der Waals surface area contributed by atoms with Crippen molar-refractivity contribution in [1.82, 2.24) is 4.90 Å². The number of ether oxygens (including phenoxy) is 2. The molecule has 1 aliphatic rings. The van der Waals surface area contributed by atoms with Crippen LogP contribution in [0, 0.1) is 0 Å². The molecule has 1 heterocycles. The number of hydrogen-bond acceptors (Lipinski definition) is 5. The van der Waals surface area contributed by atoms with E-state index >= 15 is 0 Å². The number of carbonyl (C=O) groups excluding carboxylic acids is 2. The van der Waals surface area contributed by atoms with Gasteiger partial charge in [-0.1, -0.05) is 36.4 Å². The predicted octanol–water partition coefficient (Wildman–Crippen LogP) is 3.47. The minimum absolute atomic E-state index is 0.120. The third-order valence-corrected chi connectivity index (χ3v) is 4.30. The number of nitrogens with one attached hydrogen (secondary N) is 1. The van der Waals surface area contributed by atoms with Gasteiger partial charge in [-0.3, -0.25) is 14.5 Å². The number of para-hydroxylation sites is 3. The summed E-state index contributed by atoms with van der Waals surface area (Å²) in [6, 6.07) is 14.4. The number of carbonyl (C=O) groups is 2. The van der Waals surface area contributed by atoms with Gasteiger partial charge in [0.1, 0.15) is 17.2 Å². The Labute approximate surface area is 164 Å². The second kappa shape index (κ2) is 8.43. The summed E-state index contributed by atoms with van der Waals surface area (Å²) in [5, 5.41) is 3.12. The van der Waals surface area contributed by atoms with E-state index in [4.69, 9.17) is 9.47 Å². The Morgan fingerprint density at radius 2 is 1.71 bits per heavy atom. The molecule has 0 atom stereocenters. The molecular weight excluding hydrogens is 356 g/mol. The van der Waals surface area contributed by atoms with E-state index in [1.54, 1.807) is 30.3 Å². The van der Waals surface area contributed by atoms with Crippen LogP contribution in [0.5, 0.6) is 11.5 Å². The van der Waals surface area contributed by atoms with Crippen molar-refractivity contribution in [2.45, 2.75) is 6.92 Å². The summed E-state index contributed by atoms with van der Waals surface area (Å²) >= 11 is 0. The summed E-state index contributed by atoms with van der Waals surface area (Å²) in [7, 11) is 1.53. The van der Waals surface area contributed by atoms with Gasteiger partial charge >= 0.3 is 0 Å². The average Bonchev–Trinajstić information content (AvgIpc) is 2.94. The molecule has 6 heteroatoms. The zero-order valence-electron chi connectivity index (χ0n) is 15.9. The van der Waals surface area contributed by atoms with E-state index in [1.165, 1.54) is 13.2 Å². The monoisotopic (exact) mass is 378 g/mol. The van der Waals surface area contributed by atoms with Crippen molar-refractivity contribution < 1.29 is 19.1 Å². The summed E-state index contributed by atoms with van der Waals surface area (Å²) in [6.07, 6.45) is 1.52. The Hall–Kier alpha value is -3.54. The first kappa shape index (κ1) is 19.2. The SMILES string of the molecule is C=CCN1C(=O)C(Nc2ccccc2OCC)=C(c2ccccc2OC)C1=O. The fourth-order valence-corrected chi connectivity index (χ4v) is 3.07. The van der Waals surface area contributed by atoms with Crippen LogP contribution in [0.4, 0.5) is 5.69 Å². The normalized spacial score (nSPS) is 13.7. The first-order valence-electron chi connectivity index (χ1n) is 8.96. The maximum absolute atomic E-state index is 13.1. The summed E-state index contributed by atoms with van der Waals surface area (Å²) < 4.78 is 11.0. The van der Waals surface area contributed by atoms with Crippen molar-refractivity contribution in [2.24, 2.45) is 0 Å². The van der Waals surface area contributed by atoms with Crippen molar-refractivity contribution in [2.75, 3.05) is 25.6 Å². The van der Waals surface area contributed by atoms with Crippen LogP contribution in [0.15, 0.2) is 66.9 Å². The molecule has 2 aromatic carbocycles. The molecule has 28 heavy (non-hydrogen) atoms. The third kappa shape index (κ3) is 3.49. The Morgan fingerprint density at radius 1 is 1.04 bits per heavy atom. The van der Waals surface area contributed by atoms with E-state index in [2.05, 4.69) is 11.9 Å². The van der Waals surface area contributed by atoms with Crippen molar-refractivity contribution in [3.05, 3.63) is 72.4 Å². The molecule has 0 spiro atoms. The molecule has 0 saturated carbocycles. The first-order valence-corrected chi connectivity index (χ1v) is 8.96. The number of benzene rings is 2. The van der Waals surface area contributed by atoms with E-state index in [0.29, 0.717) is 29.4 Å². The molecule has 0 unspecified atom stereocenters. The van der Waals surface area contributed by atoms with Crippen LogP contribution in [-0.4, -0.2) is 37.0 Å². The lowest BCUT2D eigenvalue weighted by atomic mass is 10.0. The highest BCUT2D eigenvalue weighted by atomic mass is 16.5. The van der Waals surface area contributed by atoms with Crippen LogP contribution in [0.25, 0.3) is 5.57 Å². The van der Waals surface area contributed by atoms with Gasteiger partial charge in [-0.2, -0.15) is 0 Å². The van der Waals surface area contributed by atoms with Crippen molar-refractivity contribution in [1.29, 1.82) is 0 Å². The standard InChI is InChI=1S/C22H22N2O4/c1-4-14-24-21(25)19(15-10-6-8-12-17(15)27-3)20(22(24)26)23-16-11-7-9-13-18(16)28-5-2/h4,6-13,23H,1,5,14H2,2-3H3. The summed E-state index contributed by atoms with van der Waals surface area (Å²) in [5.41, 5.74) is 1.60. The minimum Gasteiger partial charge on any atom is -0.496 e. The van der Waals surface area contributed by atoms with Crippen LogP contribution in [-0.2, 0) is 9.59 Å². The maximum atomic E-state index is 13.1. The van der Waals surface area contributed by atoms with Gasteiger partial charge in [0, 0.05) is 12.1 Å². The zero-order valence-corrected chi connectivity index (χ0v) is 15.9. The average molecular weight is 378 g/mol. The number of nitrogens with zero attached hydrogens (tertiary/aromatic N) is 1. The molecule has 2 amide bonds. The van der Waals surface area contributed by atoms with Crippen LogP contribution in [0.2, 0.25) is 0 Å². The number of imide groups is 1. The number of hydrogen-bond donors (Lipinski definition) is 1. The predicted molar refractivity (Wildman–Crippen MR) is 108 cm³/mol. The Bertz CT molecular complexity index is 949.